The molecule has 0 bridgehead atoms. The van der Waals surface area contributed by atoms with Crippen LogP contribution in [-0.4, -0.2) is 4.98 Å². The number of pyridine rings is 1. The van der Waals surface area contributed by atoms with Crippen molar-refractivity contribution >= 4 is 17.0 Å². The van der Waals surface area contributed by atoms with E-state index in [2.05, 4.69) is 16.4 Å². The van der Waals surface area contributed by atoms with Crippen molar-refractivity contribution in [2.24, 2.45) is 0 Å². The molecule has 0 amide bonds. The Kier molecular flexibility index (Phi) is 2.96. The minimum absolute atomic E-state index is 0.436. The molecular weight excluding hydrogens is 206 g/mol. The molecule has 74 valence electrons. The number of hydrogen-bond donors (Lipinski definition) is 1. The second kappa shape index (κ2) is 4.58. The van der Waals surface area contributed by atoms with Crippen molar-refractivity contribution in [3.63, 3.8) is 0 Å². The molecule has 4 heteroatoms. The Morgan fingerprint density at radius 1 is 1.47 bits per heavy atom. The van der Waals surface area contributed by atoms with Gasteiger partial charge in [0.25, 0.3) is 0 Å². The highest BCUT2D eigenvalue weighted by Crippen LogP contribution is 2.12. The molecule has 3 nitrogen and oxygen atoms in total. The molecule has 0 fully saturated rings. The third-order valence-corrected chi connectivity index (χ3v) is 2.80. The highest BCUT2D eigenvalue weighted by Gasteiger charge is 1.96. The average molecular weight is 215 g/mol. The lowest BCUT2D eigenvalue weighted by molar-refractivity contribution is 1.17. The van der Waals surface area contributed by atoms with Crippen molar-refractivity contribution in [3.05, 3.63) is 46.4 Å². The van der Waals surface area contributed by atoms with E-state index < -0.39 is 0 Å². The maximum atomic E-state index is 8.68. The number of nitrogens with zero attached hydrogens (tertiary/aromatic N) is 2. The Bertz CT molecular complexity index is 471. The summed E-state index contributed by atoms with van der Waals surface area (Å²) in [7, 11) is 0. The molecule has 0 aliphatic rings. The van der Waals surface area contributed by atoms with Crippen molar-refractivity contribution in [3.8, 4) is 6.07 Å². The number of nitriles is 1. The minimum Gasteiger partial charge on any atom is -0.380 e. The maximum absolute atomic E-state index is 8.68. The summed E-state index contributed by atoms with van der Waals surface area (Å²) in [6.45, 7) is 0.784. The summed E-state index contributed by atoms with van der Waals surface area (Å²) in [5, 5.41) is 14.0. The molecule has 2 heterocycles. The number of aromatic nitrogens is 1. The van der Waals surface area contributed by atoms with Crippen LogP contribution in [0.4, 0.5) is 5.69 Å². The zero-order chi connectivity index (χ0) is 10.5. The zero-order valence-electron chi connectivity index (χ0n) is 7.97. The molecule has 0 atom stereocenters. The molecule has 0 aliphatic heterocycles. The number of nitrogens with one attached hydrogen (secondary N) is 1. The standard InChI is InChI=1S/C11H9N3S/c12-7-10-6-9(3-4-13-10)14-8-11-2-1-5-15-11/h1-6H,8H2,(H,13,14). The van der Waals surface area contributed by atoms with E-state index in [4.69, 9.17) is 5.26 Å². The van der Waals surface area contributed by atoms with Crippen LogP contribution >= 0.6 is 11.3 Å². The first-order valence-corrected chi connectivity index (χ1v) is 5.39. The van der Waals surface area contributed by atoms with Gasteiger partial charge in [-0.1, -0.05) is 6.07 Å². The third kappa shape index (κ3) is 2.55. The lowest BCUT2D eigenvalue weighted by atomic mass is 10.3. The number of thiophene rings is 1. The summed E-state index contributed by atoms with van der Waals surface area (Å²) in [6.07, 6.45) is 1.63. The van der Waals surface area contributed by atoms with E-state index in [1.54, 1.807) is 23.6 Å². The van der Waals surface area contributed by atoms with Crippen LogP contribution in [-0.2, 0) is 6.54 Å². The third-order valence-electron chi connectivity index (χ3n) is 1.92. The van der Waals surface area contributed by atoms with Gasteiger partial charge in [0.2, 0.25) is 0 Å². The first-order chi connectivity index (χ1) is 7.38. The Balaban J connectivity index is 2.02. The van der Waals surface area contributed by atoms with Gasteiger partial charge in [-0.3, -0.25) is 0 Å². The van der Waals surface area contributed by atoms with Gasteiger partial charge in [-0.25, -0.2) is 4.98 Å². The first kappa shape index (κ1) is 9.69. The molecule has 2 aromatic heterocycles. The van der Waals surface area contributed by atoms with Crippen LogP contribution in [0.3, 0.4) is 0 Å². The predicted octanol–water partition coefficient (Wildman–Crippen LogP) is 2.63. The molecule has 0 unspecified atom stereocenters. The summed E-state index contributed by atoms with van der Waals surface area (Å²) in [5.74, 6) is 0. The number of hydrogen-bond acceptors (Lipinski definition) is 4. The Morgan fingerprint density at radius 2 is 2.40 bits per heavy atom. The number of anilines is 1. The Labute approximate surface area is 92.0 Å². The Hall–Kier alpha value is -1.86. The van der Waals surface area contributed by atoms with Gasteiger partial charge in [-0.05, 0) is 23.6 Å². The van der Waals surface area contributed by atoms with E-state index in [1.165, 1.54) is 4.88 Å². The minimum atomic E-state index is 0.436. The largest absolute Gasteiger partial charge is 0.380 e. The van der Waals surface area contributed by atoms with Crippen LogP contribution in [0.1, 0.15) is 10.6 Å². The van der Waals surface area contributed by atoms with Crippen LogP contribution in [0.2, 0.25) is 0 Å². The van der Waals surface area contributed by atoms with Crippen molar-refractivity contribution in [2.75, 3.05) is 5.32 Å². The molecule has 15 heavy (non-hydrogen) atoms. The van der Waals surface area contributed by atoms with Crippen molar-refractivity contribution in [2.45, 2.75) is 6.54 Å². The van der Waals surface area contributed by atoms with E-state index in [-0.39, 0.29) is 0 Å². The van der Waals surface area contributed by atoms with Gasteiger partial charge in [-0.15, -0.1) is 11.3 Å². The summed E-state index contributed by atoms with van der Waals surface area (Å²) < 4.78 is 0. The van der Waals surface area contributed by atoms with Gasteiger partial charge in [-0.2, -0.15) is 5.26 Å². The maximum Gasteiger partial charge on any atom is 0.142 e. The van der Waals surface area contributed by atoms with E-state index >= 15 is 0 Å². The molecule has 0 saturated heterocycles. The van der Waals surface area contributed by atoms with Gasteiger partial charge in [0.05, 0.1) is 0 Å². The zero-order valence-corrected chi connectivity index (χ0v) is 8.79. The smallest absolute Gasteiger partial charge is 0.142 e. The summed E-state index contributed by atoms with van der Waals surface area (Å²) >= 11 is 1.71. The van der Waals surface area contributed by atoms with Crippen LogP contribution in [0, 0.1) is 11.3 Å². The lowest BCUT2D eigenvalue weighted by Gasteiger charge is -2.03. The van der Waals surface area contributed by atoms with Gasteiger partial charge in [0.1, 0.15) is 11.8 Å². The fraction of sp³-hybridized carbons (Fsp3) is 0.0909. The van der Waals surface area contributed by atoms with Crippen LogP contribution in [0.15, 0.2) is 35.8 Å². The Morgan fingerprint density at radius 3 is 3.13 bits per heavy atom. The van der Waals surface area contributed by atoms with Gasteiger partial charge < -0.3 is 5.32 Å². The average Bonchev–Trinajstić information content (AvgIpc) is 2.79. The first-order valence-electron chi connectivity index (χ1n) is 4.51. The van der Waals surface area contributed by atoms with E-state index in [0.717, 1.165) is 12.2 Å². The van der Waals surface area contributed by atoms with E-state index in [9.17, 15) is 0 Å². The molecule has 0 aromatic carbocycles. The monoisotopic (exact) mass is 215 g/mol. The summed E-state index contributed by atoms with van der Waals surface area (Å²) in [4.78, 5) is 5.17. The topological polar surface area (TPSA) is 48.7 Å². The van der Waals surface area contributed by atoms with Gasteiger partial charge in [0, 0.05) is 23.3 Å². The fourth-order valence-corrected chi connectivity index (χ4v) is 1.85. The lowest BCUT2D eigenvalue weighted by Crippen LogP contribution is -1.97. The second-order valence-corrected chi connectivity index (χ2v) is 4.01. The van der Waals surface area contributed by atoms with E-state index in [1.807, 2.05) is 23.6 Å². The van der Waals surface area contributed by atoms with Gasteiger partial charge >= 0.3 is 0 Å². The SMILES string of the molecule is N#Cc1cc(NCc2cccs2)ccn1. The molecular formula is C11H9N3S. The highest BCUT2D eigenvalue weighted by atomic mass is 32.1. The summed E-state index contributed by atoms with van der Waals surface area (Å²) in [6, 6.07) is 9.71. The molecule has 2 aromatic rings. The van der Waals surface area contributed by atoms with Crippen LogP contribution in [0.25, 0.3) is 0 Å². The molecule has 0 saturated carbocycles. The highest BCUT2D eigenvalue weighted by molar-refractivity contribution is 7.09. The number of rotatable bonds is 3. The molecule has 1 N–H and O–H groups in total. The molecule has 0 aliphatic carbocycles. The molecule has 0 radical (unpaired) electrons. The quantitative estimate of drug-likeness (QED) is 0.856. The summed E-state index contributed by atoms with van der Waals surface area (Å²) in [5.41, 5.74) is 1.36. The molecule has 0 spiro atoms. The van der Waals surface area contributed by atoms with Crippen molar-refractivity contribution in [1.82, 2.24) is 4.98 Å². The predicted molar refractivity (Wildman–Crippen MR) is 60.6 cm³/mol. The van der Waals surface area contributed by atoms with Crippen LogP contribution in [0.5, 0.6) is 0 Å². The second-order valence-electron chi connectivity index (χ2n) is 2.97. The van der Waals surface area contributed by atoms with E-state index in [0.29, 0.717) is 5.69 Å². The van der Waals surface area contributed by atoms with Crippen molar-refractivity contribution < 1.29 is 0 Å². The fourth-order valence-electron chi connectivity index (χ4n) is 1.20. The molecule has 2 rings (SSSR count). The van der Waals surface area contributed by atoms with Crippen molar-refractivity contribution in [1.29, 1.82) is 5.26 Å². The normalized spacial score (nSPS) is 9.53. The van der Waals surface area contributed by atoms with Gasteiger partial charge in [0.15, 0.2) is 0 Å². The van der Waals surface area contributed by atoms with Crippen LogP contribution < -0.4 is 5.32 Å².